The van der Waals surface area contributed by atoms with Crippen LogP contribution in [0.5, 0.6) is 0 Å². The molecule has 0 atom stereocenters. The van der Waals surface area contributed by atoms with E-state index >= 15 is 0 Å². The predicted octanol–water partition coefficient (Wildman–Crippen LogP) is 5.38. The molecular formula is C19H19N5S3. The largest absolute Gasteiger partial charge is 0.331 e. The number of rotatable bonds is 8. The van der Waals surface area contributed by atoms with Gasteiger partial charge in [-0.1, -0.05) is 36.0 Å². The van der Waals surface area contributed by atoms with Gasteiger partial charge in [-0.3, -0.25) is 0 Å². The van der Waals surface area contributed by atoms with Gasteiger partial charge in [0.25, 0.3) is 0 Å². The van der Waals surface area contributed by atoms with Crippen LogP contribution in [0.2, 0.25) is 0 Å². The van der Waals surface area contributed by atoms with E-state index in [1.807, 2.05) is 18.5 Å². The topological polar surface area (TPSA) is 55.6 Å². The van der Waals surface area contributed by atoms with Gasteiger partial charge in [0.1, 0.15) is 6.33 Å². The van der Waals surface area contributed by atoms with E-state index in [-0.39, 0.29) is 0 Å². The Kier molecular flexibility index (Phi) is 5.86. The summed E-state index contributed by atoms with van der Waals surface area (Å²) in [4.78, 5) is 6.07. The smallest absolute Gasteiger partial charge is 0.191 e. The van der Waals surface area contributed by atoms with Crippen LogP contribution in [0.25, 0.3) is 0 Å². The first-order valence-electron chi connectivity index (χ1n) is 8.58. The second-order valence-electron chi connectivity index (χ2n) is 6.01. The minimum Gasteiger partial charge on any atom is -0.331 e. The summed E-state index contributed by atoms with van der Waals surface area (Å²) in [7, 11) is 0. The molecule has 0 unspecified atom stereocenters. The third kappa shape index (κ3) is 4.77. The predicted molar refractivity (Wildman–Crippen MR) is 114 cm³/mol. The van der Waals surface area contributed by atoms with E-state index < -0.39 is 0 Å². The minimum absolute atomic E-state index is 0.781. The Morgan fingerprint density at radius 2 is 2.07 bits per heavy atom. The van der Waals surface area contributed by atoms with Gasteiger partial charge in [-0.15, -0.1) is 32.9 Å². The van der Waals surface area contributed by atoms with Gasteiger partial charge in [0.2, 0.25) is 0 Å². The van der Waals surface area contributed by atoms with Crippen molar-refractivity contribution in [2.45, 2.75) is 30.8 Å². The SMILES string of the molecule is Cc1ccccc1Nc1nc(CSc2nncn2CCc2cccs2)cs1. The zero-order valence-corrected chi connectivity index (χ0v) is 17.3. The molecular weight excluding hydrogens is 394 g/mol. The van der Waals surface area contributed by atoms with Crippen molar-refractivity contribution in [1.82, 2.24) is 19.7 Å². The van der Waals surface area contributed by atoms with Gasteiger partial charge < -0.3 is 9.88 Å². The number of aryl methyl sites for hydroxylation is 3. The number of thiazole rings is 1. The fourth-order valence-electron chi connectivity index (χ4n) is 2.59. The number of anilines is 2. The van der Waals surface area contributed by atoms with Crippen LogP contribution in [0.3, 0.4) is 0 Å². The zero-order chi connectivity index (χ0) is 18.5. The van der Waals surface area contributed by atoms with Crippen LogP contribution >= 0.6 is 34.4 Å². The minimum atomic E-state index is 0.781. The summed E-state index contributed by atoms with van der Waals surface area (Å²) >= 11 is 5.09. The van der Waals surface area contributed by atoms with Gasteiger partial charge in [-0.2, -0.15) is 0 Å². The maximum atomic E-state index is 4.69. The molecule has 4 rings (SSSR count). The average molecular weight is 414 g/mol. The normalized spacial score (nSPS) is 11.0. The van der Waals surface area contributed by atoms with Crippen LogP contribution in [0.1, 0.15) is 16.1 Å². The summed E-state index contributed by atoms with van der Waals surface area (Å²) in [5, 5.41) is 17.8. The van der Waals surface area contributed by atoms with Crippen molar-refractivity contribution in [3.63, 3.8) is 0 Å². The van der Waals surface area contributed by atoms with Crippen LogP contribution in [0, 0.1) is 6.92 Å². The maximum Gasteiger partial charge on any atom is 0.191 e. The Balaban J connectivity index is 1.34. The second-order valence-corrected chi connectivity index (χ2v) is 8.84. The third-order valence-corrected chi connectivity index (χ3v) is 6.80. The number of hydrogen-bond acceptors (Lipinski definition) is 7. The molecule has 0 bridgehead atoms. The van der Waals surface area contributed by atoms with E-state index in [2.05, 4.69) is 62.0 Å². The fourth-order valence-corrected chi connectivity index (χ4v) is 4.95. The van der Waals surface area contributed by atoms with Crippen molar-refractivity contribution in [3.8, 4) is 0 Å². The third-order valence-electron chi connectivity index (χ3n) is 4.05. The molecule has 0 amide bonds. The van der Waals surface area contributed by atoms with E-state index in [1.54, 1.807) is 34.4 Å². The molecule has 1 aromatic carbocycles. The van der Waals surface area contributed by atoms with Gasteiger partial charge in [0.15, 0.2) is 10.3 Å². The highest BCUT2D eigenvalue weighted by Gasteiger charge is 2.09. The van der Waals surface area contributed by atoms with E-state index in [9.17, 15) is 0 Å². The van der Waals surface area contributed by atoms with Crippen molar-refractivity contribution in [2.24, 2.45) is 0 Å². The number of benzene rings is 1. The van der Waals surface area contributed by atoms with Gasteiger partial charge in [-0.05, 0) is 36.4 Å². The summed E-state index contributed by atoms with van der Waals surface area (Å²) in [6.45, 7) is 2.99. The van der Waals surface area contributed by atoms with Gasteiger partial charge in [0.05, 0.1) is 5.69 Å². The number of nitrogens with one attached hydrogen (secondary N) is 1. The lowest BCUT2D eigenvalue weighted by molar-refractivity contribution is 0.637. The Morgan fingerprint density at radius 1 is 1.15 bits per heavy atom. The molecule has 0 saturated heterocycles. The molecule has 4 aromatic rings. The highest BCUT2D eigenvalue weighted by atomic mass is 32.2. The fraction of sp³-hybridized carbons (Fsp3) is 0.211. The van der Waals surface area contributed by atoms with Crippen molar-refractivity contribution in [1.29, 1.82) is 0 Å². The van der Waals surface area contributed by atoms with Crippen molar-refractivity contribution in [2.75, 3.05) is 5.32 Å². The number of aromatic nitrogens is 4. The summed E-state index contributed by atoms with van der Waals surface area (Å²) < 4.78 is 2.11. The molecule has 0 aliphatic rings. The van der Waals surface area contributed by atoms with Gasteiger partial charge in [0, 0.05) is 28.2 Å². The first-order valence-corrected chi connectivity index (χ1v) is 11.3. The lowest BCUT2D eigenvalue weighted by Gasteiger charge is -2.05. The van der Waals surface area contributed by atoms with E-state index in [1.165, 1.54) is 10.4 Å². The lowest BCUT2D eigenvalue weighted by Crippen LogP contribution is -2.01. The number of thiophene rings is 1. The van der Waals surface area contributed by atoms with Crippen molar-refractivity contribution in [3.05, 3.63) is 69.6 Å². The van der Waals surface area contributed by atoms with Gasteiger partial charge in [-0.25, -0.2) is 4.98 Å². The molecule has 5 nitrogen and oxygen atoms in total. The number of thioether (sulfide) groups is 1. The molecule has 3 aromatic heterocycles. The molecule has 0 aliphatic heterocycles. The van der Waals surface area contributed by atoms with Crippen molar-refractivity contribution >= 4 is 45.3 Å². The second kappa shape index (κ2) is 8.69. The Labute approximate surface area is 170 Å². The van der Waals surface area contributed by atoms with E-state index in [4.69, 9.17) is 4.98 Å². The first-order chi connectivity index (χ1) is 13.3. The zero-order valence-electron chi connectivity index (χ0n) is 14.8. The molecule has 0 aliphatic carbocycles. The average Bonchev–Trinajstić information content (AvgIpc) is 3.42. The number of hydrogen-bond donors (Lipinski definition) is 1. The molecule has 27 heavy (non-hydrogen) atoms. The molecule has 1 N–H and O–H groups in total. The Bertz CT molecular complexity index is 990. The van der Waals surface area contributed by atoms with Crippen LogP contribution in [0.15, 0.2) is 58.6 Å². The molecule has 3 heterocycles. The first kappa shape index (κ1) is 18.2. The van der Waals surface area contributed by atoms with Crippen LogP contribution in [-0.2, 0) is 18.7 Å². The van der Waals surface area contributed by atoms with Crippen LogP contribution in [0.4, 0.5) is 10.8 Å². The molecule has 0 saturated carbocycles. The van der Waals surface area contributed by atoms with Crippen LogP contribution in [-0.4, -0.2) is 19.7 Å². The molecule has 8 heteroatoms. The highest BCUT2D eigenvalue weighted by Crippen LogP contribution is 2.27. The summed E-state index contributed by atoms with van der Waals surface area (Å²) in [6, 6.07) is 12.5. The number of nitrogens with zero attached hydrogens (tertiary/aromatic N) is 4. The summed E-state index contributed by atoms with van der Waals surface area (Å²) in [5.41, 5.74) is 3.36. The Hall–Kier alpha value is -2.16. The monoisotopic (exact) mass is 413 g/mol. The van der Waals surface area contributed by atoms with Gasteiger partial charge >= 0.3 is 0 Å². The van der Waals surface area contributed by atoms with Crippen LogP contribution < -0.4 is 5.32 Å². The standard InChI is InChI=1S/C19H19N5S3/c1-14-5-2-3-7-17(14)22-18-21-15(11-26-18)12-27-19-23-20-13-24(19)9-8-16-6-4-10-25-16/h2-7,10-11,13H,8-9,12H2,1H3,(H,21,22). The highest BCUT2D eigenvalue weighted by molar-refractivity contribution is 7.98. The van der Waals surface area contributed by atoms with E-state index in [0.717, 1.165) is 40.4 Å². The van der Waals surface area contributed by atoms with Crippen molar-refractivity contribution < 1.29 is 0 Å². The lowest BCUT2D eigenvalue weighted by atomic mass is 10.2. The molecule has 0 fully saturated rings. The summed E-state index contributed by atoms with van der Waals surface area (Å²) in [5.74, 6) is 0.781. The quantitative estimate of drug-likeness (QED) is 0.393. The Morgan fingerprint density at radius 3 is 2.93 bits per heavy atom. The number of para-hydroxylation sites is 1. The summed E-state index contributed by atoms with van der Waals surface area (Å²) in [6.07, 6.45) is 2.81. The molecule has 138 valence electrons. The maximum absolute atomic E-state index is 4.69. The molecule has 0 spiro atoms. The molecule has 0 radical (unpaired) electrons. The van der Waals surface area contributed by atoms with E-state index in [0.29, 0.717) is 0 Å².